The van der Waals surface area contributed by atoms with E-state index in [1.54, 1.807) is 0 Å². The van der Waals surface area contributed by atoms with Gasteiger partial charge in [-0.15, -0.1) is 0 Å². The van der Waals surface area contributed by atoms with E-state index in [2.05, 4.69) is 16.0 Å². The Hall–Kier alpha value is -1.66. The summed E-state index contributed by atoms with van der Waals surface area (Å²) in [4.78, 5) is 6.96. The summed E-state index contributed by atoms with van der Waals surface area (Å²) in [6, 6.07) is 7.98. The number of aromatic nitrogens is 2. The highest BCUT2D eigenvalue weighted by molar-refractivity contribution is 7.89. The van der Waals surface area contributed by atoms with Gasteiger partial charge in [-0.1, -0.05) is 31.2 Å². The number of hydrogen-bond donors (Lipinski definition) is 1. The molecule has 6 heteroatoms. The minimum Gasteiger partial charge on any atom is -0.332 e. The van der Waals surface area contributed by atoms with Crippen molar-refractivity contribution in [2.24, 2.45) is 0 Å². The molecule has 0 saturated heterocycles. The van der Waals surface area contributed by atoms with Crippen LogP contribution in [0.2, 0.25) is 0 Å². The van der Waals surface area contributed by atoms with E-state index in [4.69, 9.17) is 0 Å². The molecular weight excluding hydrogens is 274 g/mol. The number of sulfonamides is 1. The lowest BCUT2D eigenvalue weighted by Crippen LogP contribution is -2.36. The van der Waals surface area contributed by atoms with Crippen molar-refractivity contribution in [3.63, 3.8) is 0 Å². The van der Waals surface area contributed by atoms with E-state index in [1.165, 1.54) is 16.1 Å². The van der Waals surface area contributed by atoms with E-state index >= 15 is 0 Å². The number of aryl methyl sites for hydroxylation is 1. The van der Waals surface area contributed by atoms with Crippen molar-refractivity contribution >= 4 is 10.0 Å². The van der Waals surface area contributed by atoms with Crippen molar-refractivity contribution in [3.05, 3.63) is 47.4 Å². The molecule has 20 heavy (non-hydrogen) atoms. The highest BCUT2D eigenvalue weighted by atomic mass is 32.2. The van der Waals surface area contributed by atoms with Crippen LogP contribution in [0.25, 0.3) is 0 Å². The van der Waals surface area contributed by atoms with Gasteiger partial charge in [-0.2, -0.15) is 4.31 Å². The van der Waals surface area contributed by atoms with E-state index in [-0.39, 0.29) is 5.03 Å². The largest absolute Gasteiger partial charge is 0.332 e. The third kappa shape index (κ3) is 2.25. The lowest BCUT2D eigenvalue weighted by Gasteiger charge is -2.27. The van der Waals surface area contributed by atoms with Crippen LogP contribution in [0.3, 0.4) is 0 Å². The first kappa shape index (κ1) is 13.3. The maximum Gasteiger partial charge on any atom is 0.260 e. The fourth-order valence-corrected chi connectivity index (χ4v) is 3.82. The molecule has 5 nitrogen and oxygen atoms in total. The van der Waals surface area contributed by atoms with Crippen molar-refractivity contribution in [1.29, 1.82) is 0 Å². The number of imidazole rings is 1. The Kier molecular flexibility index (Phi) is 3.35. The average Bonchev–Trinajstić information content (AvgIpc) is 2.96. The monoisotopic (exact) mass is 291 g/mol. The number of hydrogen-bond acceptors (Lipinski definition) is 3. The van der Waals surface area contributed by atoms with Gasteiger partial charge < -0.3 is 4.98 Å². The van der Waals surface area contributed by atoms with Gasteiger partial charge >= 0.3 is 0 Å². The van der Waals surface area contributed by atoms with Gasteiger partial charge in [-0.05, 0) is 17.5 Å². The topological polar surface area (TPSA) is 66.1 Å². The minimum absolute atomic E-state index is 0.189. The Balaban J connectivity index is 1.90. The molecule has 0 atom stereocenters. The van der Waals surface area contributed by atoms with Crippen LogP contribution in [0, 0.1) is 0 Å². The summed E-state index contributed by atoms with van der Waals surface area (Å²) in [5.41, 5.74) is 2.32. The smallest absolute Gasteiger partial charge is 0.260 e. The SMILES string of the molecule is CCc1ncc(S(=O)(=O)N2CCc3ccccc3C2)[nH]1. The van der Waals surface area contributed by atoms with Gasteiger partial charge in [-0.3, -0.25) is 0 Å². The molecule has 0 fully saturated rings. The lowest BCUT2D eigenvalue weighted by atomic mass is 10.0. The zero-order chi connectivity index (χ0) is 14.2. The molecule has 0 amide bonds. The third-order valence-corrected chi connectivity index (χ3v) is 5.41. The van der Waals surface area contributed by atoms with Crippen LogP contribution in [0.15, 0.2) is 35.5 Å². The van der Waals surface area contributed by atoms with Gasteiger partial charge in [0, 0.05) is 19.5 Å². The zero-order valence-corrected chi connectivity index (χ0v) is 12.2. The second kappa shape index (κ2) is 5.03. The van der Waals surface area contributed by atoms with Crippen molar-refractivity contribution in [3.8, 4) is 0 Å². The first-order valence-corrected chi connectivity index (χ1v) is 8.16. The quantitative estimate of drug-likeness (QED) is 0.936. The molecule has 0 unspecified atom stereocenters. The van der Waals surface area contributed by atoms with Gasteiger partial charge in [0.2, 0.25) is 0 Å². The Morgan fingerprint density at radius 3 is 2.75 bits per heavy atom. The Morgan fingerprint density at radius 2 is 2.05 bits per heavy atom. The molecule has 0 radical (unpaired) electrons. The molecule has 2 heterocycles. The number of rotatable bonds is 3. The van der Waals surface area contributed by atoms with Gasteiger partial charge in [0.25, 0.3) is 10.0 Å². The molecule has 0 aliphatic carbocycles. The number of H-pyrrole nitrogens is 1. The van der Waals surface area contributed by atoms with Crippen molar-refractivity contribution < 1.29 is 8.42 Å². The molecule has 0 spiro atoms. The molecular formula is C14H17N3O2S. The normalized spacial score (nSPS) is 16.1. The van der Waals surface area contributed by atoms with Crippen LogP contribution in [-0.4, -0.2) is 29.2 Å². The van der Waals surface area contributed by atoms with Crippen LogP contribution in [-0.2, 0) is 29.4 Å². The van der Waals surface area contributed by atoms with Crippen LogP contribution in [0.5, 0.6) is 0 Å². The van der Waals surface area contributed by atoms with E-state index in [0.29, 0.717) is 25.3 Å². The number of aromatic amines is 1. The second-order valence-electron chi connectivity index (χ2n) is 4.91. The molecule has 3 rings (SSSR count). The highest BCUT2D eigenvalue weighted by Gasteiger charge is 2.29. The minimum atomic E-state index is -3.48. The van der Waals surface area contributed by atoms with Gasteiger partial charge in [0.15, 0.2) is 5.03 Å². The molecule has 1 N–H and O–H groups in total. The van der Waals surface area contributed by atoms with E-state index in [9.17, 15) is 8.42 Å². The average molecular weight is 291 g/mol. The Labute approximate surface area is 118 Å². The molecule has 106 valence electrons. The Morgan fingerprint density at radius 1 is 1.30 bits per heavy atom. The van der Waals surface area contributed by atoms with E-state index < -0.39 is 10.0 Å². The number of fused-ring (bicyclic) bond motifs is 1. The van der Waals surface area contributed by atoms with Crippen LogP contribution >= 0.6 is 0 Å². The van der Waals surface area contributed by atoms with Gasteiger partial charge in [0.1, 0.15) is 5.82 Å². The number of benzene rings is 1. The first-order chi connectivity index (χ1) is 9.61. The standard InChI is InChI=1S/C14H17N3O2S/c1-2-13-15-9-14(16-13)20(18,19)17-8-7-11-5-3-4-6-12(11)10-17/h3-6,9H,2,7-8,10H2,1H3,(H,15,16). The van der Waals surface area contributed by atoms with Crippen LogP contribution in [0.1, 0.15) is 23.9 Å². The molecule has 1 aliphatic rings. The van der Waals surface area contributed by atoms with E-state index in [1.807, 2.05) is 25.1 Å². The highest BCUT2D eigenvalue weighted by Crippen LogP contribution is 2.23. The van der Waals surface area contributed by atoms with Crippen molar-refractivity contribution in [2.75, 3.05) is 6.54 Å². The predicted octanol–water partition coefficient (Wildman–Crippen LogP) is 1.72. The maximum absolute atomic E-state index is 12.6. The summed E-state index contributed by atoms with van der Waals surface area (Å²) in [5, 5.41) is 0.189. The number of nitrogens with one attached hydrogen (secondary N) is 1. The summed E-state index contributed by atoms with van der Waals surface area (Å²) in [6.07, 6.45) is 2.86. The first-order valence-electron chi connectivity index (χ1n) is 6.72. The molecule has 1 aliphatic heterocycles. The third-order valence-electron chi connectivity index (χ3n) is 3.65. The zero-order valence-electron chi connectivity index (χ0n) is 11.3. The molecule has 1 aromatic carbocycles. The fraction of sp³-hybridized carbons (Fsp3) is 0.357. The van der Waals surface area contributed by atoms with Crippen LogP contribution in [0.4, 0.5) is 0 Å². The molecule has 2 aromatic rings. The van der Waals surface area contributed by atoms with Crippen molar-refractivity contribution in [1.82, 2.24) is 14.3 Å². The summed E-state index contributed by atoms with van der Waals surface area (Å²) in [7, 11) is -3.48. The second-order valence-corrected chi connectivity index (χ2v) is 6.81. The van der Waals surface area contributed by atoms with Crippen molar-refractivity contribution in [2.45, 2.75) is 31.3 Å². The molecule has 0 bridgehead atoms. The maximum atomic E-state index is 12.6. The summed E-state index contributed by atoms with van der Waals surface area (Å²) >= 11 is 0. The van der Waals surface area contributed by atoms with Crippen LogP contribution < -0.4 is 0 Å². The van der Waals surface area contributed by atoms with Gasteiger partial charge in [-0.25, -0.2) is 13.4 Å². The predicted molar refractivity (Wildman–Crippen MR) is 75.7 cm³/mol. The van der Waals surface area contributed by atoms with E-state index in [0.717, 1.165) is 12.0 Å². The Bertz CT molecular complexity index is 722. The summed E-state index contributed by atoms with van der Waals surface area (Å²) in [5.74, 6) is 0.695. The summed E-state index contributed by atoms with van der Waals surface area (Å²) < 4.78 is 26.7. The van der Waals surface area contributed by atoms with Gasteiger partial charge in [0.05, 0.1) is 6.20 Å². The number of nitrogens with zero attached hydrogens (tertiary/aromatic N) is 2. The lowest BCUT2D eigenvalue weighted by molar-refractivity contribution is 0.390. The molecule has 0 saturated carbocycles. The fourth-order valence-electron chi connectivity index (χ4n) is 2.47. The summed E-state index contributed by atoms with van der Waals surface area (Å²) in [6.45, 7) is 2.88. The molecule has 1 aromatic heterocycles.